The van der Waals surface area contributed by atoms with E-state index in [1.54, 1.807) is 40.7 Å². The number of esters is 3. The Morgan fingerprint density at radius 2 is 1.05 bits per heavy atom. The van der Waals surface area contributed by atoms with E-state index in [2.05, 4.69) is 106 Å². The summed E-state index contributed by atoms with van der Waals surface area (Å²) in [4.78, 5) is 93.7. The number of nitrogens with one attached hydrogen (secondary N) is 1. The van der Waals surface area contributed by atoms with Gasteiger partial charge in [-0.15, -0.1) is 17.3 Å². The summed E-state index contributed by atoms with van der Waals surface area (Å²) >= 11 is 5.23. The summed E-state index contributed by atoms with van der Waals surface area (Å²) in [6.45, 7) is 48.5. The highest BCUT2D eigenvalue weighted by Crippen LogP contribution is 2.21. The number of likely N-dealkylation sites (N-methyl/N-ethyl adjacent to an activating group) is 3. The highest BCUT2D eigenvalue weighted by molar-refractivity contribution is 6.20. The van der Waals surface area contributed by atoms with Gasteiger partial charge in [0.2, 0.25) is 0 Å². The number of nitrogens with two attached hydrogens (primary N) is 1. The standard InChI is InChI=1S/C21H30N2O5.C14H27NO3.C10H23NO.C7H5NO3.C6H15N.C5H9NO2.C4H9ClO.C3H4.CH4.H2/c1-15(2)10-11-22(6)14-21(4,5)28-20(25)19(16(3)24)13-17-8-7-9-18(12-17)23(26)27;1-11(2)7-8-15(6)10-14(4,5)18-13(17)9-12(3)16;1-9(2)6-7-11(5)8-10(3,4)12;9-5-6-2-1-3-7(4-6)8(10)11;1-6(2)4-5-7-3;1-4(6)3-5(7)8-2;1-4(2,6)3-5;1-3-2;;/h7-9,12-13,15H,10-11,14H2,1-6H3;11H,7-10H2,1-6H3;9,12H,6-8H2,1-5H3;1-5H;6-7H,4-5H2,1-3H3;3H,6H2,1-2H3;6H,3H2,1-2H3;1-2H2;1H4;1H/b19-13+;;;;;4-3+;;;;. The average Bonchev–Trinajstić information content (AvgIpc) is 0.871. The third-order valence-electron chi connectivity index (χ3n) is 11.4. The van der Waals surface area contributed by atoms with Gasteiger partial charge < -0.3 is 50.2 Å². The summed E-state index contributed by atoms with van der Waals surface area (Å²) in [6, 6.07) is 11.3. The van der Waals surface area contributed by atoms with Gasteiger partial charge in [0.25, 0.3) is 11.4 Å². The number of carbonyl (C=O) groups is 6. The van der Waals surface area contributed by atoms with Crippen LogP contribution in [-0.4, -0.2) is 180 Å². The summed E-state index contributed by atoms with van der Waals surface area (Å²) in [6.07, 6.45) is 7.63. The molecule has 0 aliphatic rings. The number of nitro groups is 2. The Morgan fingerprint density at radius 3 is 1.33 bits per heavy atom. The molecule has 0 spiro atoms. The Balaban J connectivity index is -0.000000164. The number of aliphatic hydroxyl groups is 2. The molecule has 544 valence electrons. The molecular formula is C71H128ClN7O15. The Kier molecular flexibility index (Phi) is 59.9. The van der Waals surface area contributed by atoms with E-state index in [1.165, 1.54) is 88.4 Å². The molecule has 0 atom stereocenters. The van der Waals surface area contributed by atoms with Crippen molar-refractivity contribution in [2.24, 2.45) is 29.4 Å². The van der Waals surface area contributed by atoms with Gasteiger partial charge in [-0.1, -0.05) is 100 Å². The number of nitrogens with zero attached hydrogens (tertiary/aromatic N) is 5. The van der Waals surface area contributed by atoms with Gasteiger partial charge in [-0.05, 0) is 192 Å². The number of carbonyl (C=O) groups excluding carboxylic acids is 6. The van der Waals surface area contributed by atoms with Crippen LogP contribution < -0.4 is 11.1 Å². The number of methoxy groups -OCH3 is 1. The predicted molar refractivity (Wildman–Crippen MR) is 387 cm³/mol. The van der Waals surface area contributed by atoms with Gasteiger partial charge in [0.1, 0.15) is 35.3 Å². The first kappa shape index (κ1) is 101. The Hall–Kier alpha value is -6.49. The van der Waals surface area contributed by atoms with Crippen molar-refractivity contribution < 1.29 is 64.5 Å². The zero-order chi connectivity index (χ0) is 74.1. The predicted octanol–water partition coefficient (Wildman–Crippen LogP) is 13.4. The summed E-state index contributed by atoms with van der Waals surface area (Å²) in [5.41, 5.74) is 5.62. The van der Waals surface area contributed by atoms with Crippen LogP contribution >= 0.6 is 11.6 Å². The molecule has 2 aromatic carbocycles. The lowest BCUT2D eigenvalue weighted by Crippen LogP contribution is -2.41. The van der Waals surface area contributed by atoms with Crippen molar-refractivity contribution in [3.05, 3.63) is 116 Å². The van der Waals surface area contributed by atoms with Crippen LogP contribution in [0.4, 0.5) is 11.4 Å². The molecule has 0 fully saturated rings. The van der Waals surface area contributed by atoms with E-state index in [9.17, 15) is 54.1 Å². The van der Waals surface area contributed by atoms with E-state index in [0.29, 0.717) is 53.9 Å². The lowest BCUT2D eigenvalue weighted by atomic mass is 10.1. The summed E-state index contributed by atoms with van der Waals surface area (Å²) < 4.78 is 15.2. The number of ketones is 2. The van der Waals surface area contributed by atoms with Gasteiger partial charge in [-0.2, -0.15) is 0 Å². The number of Topliss-reactive ketones (excluding diaryl/α,β-unsaturated/α-hetero) is 2. The van der Waals surface area contributed by atoms with Crippen LogP contribution in [0.15, 0.2) is 84.8 Å². The maximum absolute atomic E-state index is 12.6. The van der Waals surface area contributed by atoms with Crippen molar-refractivity contribution in [1.82, 2.24) is 20.0 Å². The number of aldehydes is 1. The second kappa shape index (κ2) is 55.8. The van der Waals surface area contributed by atoms with E-state index in [1.807, 2.05) is 48.8 Å². The Bertz CT molecular complexity index is 2550. The highest BCUT2D eigenvalue weighted by atomic mass is 35.5. The maximum atomic E-state index is 12.6. The fraction of sp³-hybridized carbons (Fsp3) is 0.648. The van der Waals surface area contributed by atoms with E-state index in [-0.39, 0.29) is 38.0 Å². The van der Waals surface area contributed by atoms with E-state index in [4.69, 9.17) is 31.9 Å². The Morgan fingerprint density at radius 1 is 0.691 bits per heavy atom. The highest BCUT2D eigenvalue weighted by Gasteiger charge is 2.29. The number of hydrogen-bond acceptors (Lipinski definition) is 20. The maximum Gasteiger partial charge on any atom is 0.342 e. The molecule has 94 heavy (non-hydrogen) atoms. The molecule has 0 aromatic heterocycles. The number of nitro benzene ring substituents is 2. The molecule has 5 N–H and O–H groups in total. The van der Waals surface area contributed by atoms with Crippen LogP contribution in [-0.2, 0) is 38.2 Å². The van der Waals surface area contributed by atoms with Crippen molar-refractivity contribution >= 4 is 64.8 Å². The van der Waals surface area contributed by atoms with Crippen LogP contribution in [0.1, 0.15) is 188 Å². The van der Waals surface area contributed by atoms with Gasteiger partial charge in [0, 0.05) is 62.7 Å². The second-order valence-electron chi connectivity index (χ2n) is 26.7. The van der Waals surface area contributed by atoms with Gasteiger partial charge in [0.05, 0.1) is 34.0 Å². The molecule has 2 aromatic rings. The molecular weight excluding hydrogens is 1230 g/mol. The number of allylic oxidation sites excluding steroid dienone is 1. The molecule has 0 unspecified atom stereocenters. The number of halogens is 1. The summed E-state index contributed by atoms with van der Waals surface area (Å²) in [7, 11) is 9.33. The molecule has 0 saturated carbocycles. The van der Waals surface area contributed by atoms with Crippen LogP contribution in [0.2, 0.25) is 0 Å². The molecule has 23 heteroatoms. The SMILES string of the molecule is C.C=C=C.CC(=O)/C(=C\c1cccc([N+](=O)[O-])c1)C(=O)OC(C)(C)CN(C)CCC(C)C.CC(=O)CC(=O)OC(C)(C)CN(C)CCC(C)C.CC(C)(O)CCl.CC(C)CCN(C)CC(C)(C)O.CNCCC(C)C.COC(=O)/C=C(\C)N.O=Cc1cccc([N+](=O)[O-])c1.[HH]. The van der Waals surface area contributed by atoms with Crippen molar-refractivity contribution in [2.45, 2.75) is 193 Å². The normalized spacial score (nSPS) is 11.3. The van der Waals surface area contributed by atoms with Gasteiger partial charge in [-0.3, -0.25) is 39.4 Å². The third-order valence-corrected chi connectivity index (χ3v) is 12.1. The second-order valence-corrected chi connectivity index (χ2v) is 26.9. The number of benzene rings is 2. The van der Waals surface area contributed by atoms with Crippen LogP contribution in [0.5, 0.6) is 0 Å². The molecule has 0 saturated heterocycles. The molecule has 0 heterocycles. The van der Waals surface area contributed by atoms with Gasteiger partial charge in [0.15, 0.2) is 5.78 Å². The molecule has 0 aliphatic carbocycles. The number of hydrogen-bond donors (Lipinski definition) is 4. The quantitative estimate of drug-likeness (QED) is 0.00540. The lowest BCUT2D eigenvalue weighted by Gasteiger charge is -2.30. The van der Waals surface area contributed by atoms with E-state index in [0.717, 1.165) is 57.4 Å². The monoisotopic (exact) mass is 1350 g/mol. The molecule has 0 amide bonds. The minimum absolute atomic E-state index is 0. The largest absolute Gasteiger partial charge is 0.466 e. The van der Waals surface area contributed by atoms with Crippen LogP contribution in [0.25, 0.3) is 6.08 Å². The molecule has 0 bridgehead atoms. The van der Waals surface area contributed by atoms with E-state index >= 15 is 0 Å². The molecule has 2 rings (SSSR count). The van der Waals surface area contributed by atoms with Crippen LogP contribution in [0.3, 0.4) is 0 Å². The van der Waals surface area contributed by atoms with Crippen LogP contribution in [0, 0.1) is 43.9 Å². The fourth-order valence-corrected chi connectivity index (χ4v) is 7.14. The first-order chi connectivity index (χ1) is 42.5. The van der Waals surface area contributed by atoms with E-state index < -0.39 is 55.9 Å². The number of ether oxygens (including phenoxy) is 3. The number of non-ortho nitro benzene ring substituents is 2. The lowest BCUT2D eigenvalue weighted by molar-refractivity contribution is -0.385. The average molecular weight is 1360 g/mol. The minimum atomic E-state index is -0.792. The first-order valence-corrected chi connectivity index (χ1v) is 31.7. The van der Waals surface area contributed by atoms with Crippen molar-refractivity contribution in [1.29, 1.82) is 0 Å². The fourth-order valence-electron chi connectivity index (χ4n) is 7.14. The van der Waals surface area contributed by atoms with Gasteiger partial charge >= 0.3 is 17.9 Å². The number of rotatable bonds is 30. The Labute approximate surface area is 572 Å². The van der Waals surface area contributed by atoms with Crippen molar-refractivity contribution in [3.63, 3.8) is 0 Å². The zero-order valence-electron chi connectivity index (χ0n) is 61.2. The summed E-state index contributed by atoms with van der Waals surface area (Å²) in [5, 5.41) is 42.4. The van der Waals surface area contributed by atoms with Crippen molar-refractivity contribution in [2.75, 3.05) is 87.0 Å². The first-order valence-electron chi connectivity index (χ1n) is 31.1. The molecule has 0 aliphatic heterocycles. The number of alkyl halides is 1. The molecule has 22 nitrogen and oxygen atoms in total. The molecule has 0 radical (unpaired) electrons. The van der Waals surface area contributed by atoms with Crippen molar-refractivity contribution in [3.8, 4) is 0 Å². The minimum Gasteiger partial charge on any atom is -0.466 e. The smallest absolute Gasteiger partial charge is 0.342 e. The third kappa shape index (κ3) is 71.4. The topological polar surface area (TPSA) is 305 Å². The van der Waals surface area contributed by atoms with Gasteiger partial charge in [-0.25, -0.2) is 9.59 Å². The zero-order valence-corrected chi connectivity index (χ0v) is 61.9. The summed E-state index contributed by atoms with van der Waals surface area (Å²) in [5.74, 6) is 0.917.